The topological polar surface area (TPSA) is 0 Å². The standard InChI is InChI=1S/C31H42/c1-4-6-8-25-11-14-31-22-30(20-19-29(31)21-25)28-17-15-27(16-18-28)23(3)26-12-9-24(7-5-2)10-13-26/h4-5,7,11,14,19-24,26-28H,1,6,8-10,12-13,15-18H2,2-3H3/b7-5+. The summed E-state index contributed by atoms with van der Waals surface area (Å²) in [5.74, 6) is 4.46. The lowest BCUT2D eigenvalue weighted by atomic mass is 9.67. The van der Waals surface area contributed by atoms with E-state index in [0.29, 0.717) is 0 Å². The van der Waals surface area contributed by atoms with Crippen LogP contribution in [0.25, 0.3) is 10.8 Å². The molecule has 0 radical (unpaired) electrons. The normalized spacial score (nSPS) is 28.1. The fourth-order valence-electron chi connectivity index (χ4n) is 6.49. The fraction of sp³-hybridized carbons (Fsp3) is 0.548. The second-order valence-corrected chi connectivity index (χ2v) is 10.4. The molecule has 1 atom stereocenters. The van der Waals surface area contributed by atoms with E-state index in [-0.39, 0.29) is 0 Å². The van der Waals surface area contributed by atoms with Gasteiger partial charge in [-0.1, -0.05) is 61.5 Å². The maximum atomic E-state index is 3.85. The molecule has 0 bridgehead atoms. The first-order chi connectivity index (χ1) is 15.2. The molecular formula is C31H42. The Labute approximate surface area is 190 Å². The lowest BCUT2D eigenvalue weighted by molar-refractivity contribution is 0.142. The predicted octanol–water partition coefficient (Wildman–Crippen LogP) is 9.25. The highest BCUT2D eigenvalue weighted by Crippen LogP contribution is 2.44. The van der Waals surface area contributed by atoms with E-state index in [4.69, 9.17) is 0 Å². The van der Waals surface area contributed by atoms with Crippen LogP contribution >= 0.6 is 0 Å². The van der Waals surface area contributed by atoms with Gasteiger partial charge in [0, 0.05) is 0 Å². The van der Waals surface area contributed by atoms with Crippen LogP contribution in [0.15, 0.2) is 61.2 Å². The Kier molecular flexibility index (Phi) is 7.70. The van der Waals surface area contributed by atoms with Gasteiger partial charge in [-0.15, -0.1) is 6.58 Å². The molecule has 0 spiro atoms. The zero-order chi connectivity index (χ0) is 21.6. The van der Waals surface area contributed by atoms with E-state index in [0.717, 1.165) is 42.4 Å². The molecule has 0 aromatic heterocycles. The minimum absolute atomic E-state index is 0.763. The molecule has 31 heavy (non-hydrogen) atoms. The second-order valence-electron chi connectivity index (χ2n) is 10.4. The van der Waals surface area contributed by atoms with E-state index in [1.165, 1.54) is 67.7 Å². The highest BCUT2D eigenvalue weighted by atomic mass is 14.4. The molecule has 2 aliphatic rings. The summed E-state index contributed by atoms with van der Waals surface area (Å²) in [6.07, 6.45) is 20.2. The lowest BCUT2D eigenvalue weighted by Crippen LogP contribution is -2.27. The van der Waals surface area contributed by atoms with Crippen LogP contribution in [0.2, 0.25) is 0 Å². The Balaban J connectivity index is 1.33. The van der Waals surface area contributed by atoms with Crippen molar-refractivity contribution < 1.29 is 0 Å². The summed E-state index contributed by atoms with van der Waals surface area (Å²) in [5, 5.41) is 2.80. The van der Waals surface area contributed by atoms with E-state index in [1.54, 1.807) is 5.56 Å². The fourth-order valence-corrected chi connectivity index (χ4v) is 6.49. The van der Waals surface area contributed by atoms with Crippen molar-refractivity contribution in [3.05, 3.63) is 72.3 Å². The van der Waals surface area contributed by atoms with Gasteiger partial charge < -0.3 is 0 Å². The van der Waals surface area contributed by atoms with Gasteiger partial charge in [0.2, 0.25) is 0 Å². The van der Waals surface area contributed by atoms with Crippen LogP contribution < -0.4 is 0 Å². The quantitative estimate of drug-likeness (QED) is 0.396. The molecule has 2 aromatic carbocycles. The number of rotatable bonds is 7. The number of hydrogen-bond acceptors (Lipinski definition) is 0. The summed E-state index contributed by atoms with van der Waals surface area (Å²) in [4.78, 5) is 0. The molecule has 2 saturated carbocycles. The van der Waals surface area contributed by atoms with Gasteiger partial charge >= 0.3 is 0 Å². The van der Waals surface area contributed by atoms with E-state index < -0.39 is 0 Å². The zero-order valence-electron chi connectivity index (χ0n) is 19.9. The Bertz CT molecular complexity index is 872. The Morgan fingerprint density at radius 1 is 0.871 bits per heavy atom. The average molecular weight is 415 g/mol. The van der Waals surface area contributed by atoms with E-state index >= 15 is 0 Å². The first-order valence-corrected chi connectivity index (χ1v) is 12.9. The first kappa shape index (κ1) is 22.4. The zero-order valence-corrected chi connectivity index (χ0v) is 19.9. The van der Waals surface area contributed by atoms with Gasteiger partial charge in [-0.25, -0.2) is 0 Å². The van der Waals surface area contributed by atoms with Gasteiger partial charge in [-0.3, -0.25) is 0 Å². The Hall–Kier alpha value is -1.82. The molecule has 166 valence electrons. The maximum Gasteiger partial charge on any atom is -0.0162 e. The monoisotopic (exact) mass is 414 g/mol. The van der Waals surface area contributed by atoms with Crippen LogP contribution in [0.4, 0.5) is 0 Å². The van der Waals surface area contributed by atoms with Crippen LogP contribution in [0, 0.1) is 23.7 Å². The molecule has 0 heteroatoms. The predicted molar refractivity (Wildman–Crippen MR) is 137 cm³/mol. The second kappa shape index (κ2) is 10.7. The molecule has 0 nitrogen and oxygen atoms in total. The van der Waals surface area contributed by atoms with E-state index in [2.05, 4.69) is 69.0 Å². The summed E-state index contributed by atoms with van der Waals surface area (Å²) >= 11 is 0. The van der Waals surface area contributed by atoms with E-state index in [1.807, 2.05) is 6.08 Å². The molecule has 0 heterocycles. The third kappa shape index (κ3) is 5.51. The number of benzene rings is 2. The van der Waals surface area contributed by atoms with Crippen LogP contribution in [0.1, 0.15) is 88.7 Å². The van der Waals surface area contributed by atoms with E-state index in [9.17, 15) is 0 Å². The summed E-state index contributed by atoms with van der Waals surface area (Å²) in [6.45, 7) is 8.60. The first-order valence-electron chi connectivity index (χ1n) is 12.9. The van der Waals surface area contributed by atoms with Crippen molar-refractivity contribution in [2.24, 2.45) is 23.7 Å². The Morgan fingerprint density at radius 2 is 1.52 bits per heavy atom. The Morgan fingerprint density at radius 3 is 2.19 bits per heavy atom. The van der Waals surface area contributed by atoms with Gasteiger partial charge in [0.1, 0.15) is 0 Å². The summed E-state index contributed by atoms with van der Waals surface area (Å²) in [5.41, 5.74) is 3.00. The van der Waals surface area contributed by atoms with Crippen molar-refractivity contribution in [2.75, 3.05) is 0 Å². The van der Waals surface area contributed by atoms with Gasteiger partial charge in [-0.05, 0) is 123 Å². The average Bonchev–Trinajstić information content (AvgIpc) is 2.82. The minimum atomic E-state index is 0.763. The van der Waals surface area contributed by atoms with Crippen molar-refractivity contribution in [2.45, 2.75) is 84.0 Å². The number of hydrogen-bond donors (Lipinski definition) is 0. The molecule has 0 N–H and O–H groups in total. The molecular weight excluding hydrogens is 372 g/mol. The SMILES string of the molecule is C=CCCc1ccc2cc(C3CCC(C(C)C4CCC(/C=C/C)CC4)CC3)ccc2c1. The molecule has 2 aromatic rings. The molecule has 2 aliphatic carbocycles. The lowest BCUT2D eigenvalue weighted by Gasteiger charge is -2.39. The van der Waals surface area contributed by atoms with Crippen molar-refractivity contribution >= 4 is 10.8 Å². The van der Waals surface area contributed by atoms with Crippen molar-refractivity contribution in [3.63, 3.8) is 0 Å². The van der Waals surface area contributed by atoms with Gasteiger partial charge in [0.05, 0.1) is 0 Å². The summed E-state index contributed by atoms with van der Waals surface area (Å²) in [7, 11) is 0. The van der Waals surface area contributed by atoms with Crippen LogP contribution in [0.3, 0.4) is 0 Å². The maximum absolute atomic E-state index is 3.85. The van der Waals surface area contributed by atoms with Gasteiger partial charge in [0.15, 0.2) is 0 Å². The number of fused-ring (bicyclic) bond motifs is 1. The molecule has 4 rings (SSSR count). The van der Waals surface area contributed by atoms with Crippen molar-refractivity contribution in [1.82, 2.24) is 0 Å². The highest BCUT2D eigenvalue weighted by molar-refractivity contribution is 5.84. The van der Waals surface area contributed by atoms with Crippen molar-refractivity contribution in [3.8, 4) is 0 Å². The summed E-state index contributed by atoms with van der Waals surface area (Å²) < 4.78 is 0. The van der Waals surface area contributed by atoms with Crippen LogP contribution in [-0.2, 0) is 6.42 Å². The number of allylic oxidation sites excluding steroid dienone is 3. The number of aryl methyl sites for hydroxylation is 1. The molecule has 0 amide bonds. The smallest absolute Gasteiger partial charge is 0.0162 e. The van der Waals surface area contributed by atoms with Gasteiger partial charge in [-0.2, -0.15) is 0 Å². The largest absolute Gasteiger partial charge is 0.103 e. The van der Waals surface area contributed by atoms with Crippen molar-refractivity contribution in [1.29, 1.82) is 0 Å². The third-order valence-corrected chi connectivity index (χ3v) is 8.58. The third-order valence-electron chi connectivity index (χ3n) is 8.58. The van der Waals surface area contributed by atoms with Gasteiger partial charge in [0.25, 0.3) is 0 Å². The molecule has 1 unspecified atom stereocenters. The molecule has 2 fully saturated rings. The molecule has 0 aliphatic heterocycles. The minimum Gasteiger partial charge on any atom is -0.103 e. The molecule has 0 saturated heterocycles. The summed E-state index contributed by atoms with van der Waals surface area (Å²) in [6, 6.07) is 14.3. The van der Waals surface area contributed by atoms with Crippen LogP contribution in [0.5, 0.6) is 0 Å². The highest BCUT2D eigenvalue weighted by Gasteiger charge is 2.32. The van der Waals surface area contributed by atoms with Crippen LogP contribution in [-0.4, -0.2) is 0 Å².